The molecule has 6 nitrogen and oxygen atoms in total. The number of hydrogen-bond acceptors (Lipinski definition) is 4. The van der Waals surface area contributed by atoms with E-state index in [1.165, 1.54) is 6.26 Å². The van der Waals surface area contributed by atoms with Crippen LogP contribution in [-0.2, 0) is 9.84 Å². The Labute approximate surface area is 123 Å². The summed E-state index contributed by atoms with van der Waals surface area (Å²) in [5, 5.41) is 0. The summed E-state index contributed by atoms with van der Waals surface area (Å²) in [6.07, 6.45) is 4.61. The highest BCUT2D eigenvalue weighted by Gasteiger charge is 2.37. The van der Waals surface area contributed by atoms with Crippen LogP contribution in [0.2, 0.25) is 0 Å². The first-order valence-corrected chi connectivity index (χ1v) is 8.98. The third kappa shape index (κ3) is 2.97. The van der Waals surface area contributed by atoms with Crippen molar-refractivity contribution in [2.75, 3.05) is 12.0 Å². The fourth-order valence-corrected chi connectivity index (χ4v) is 3.74. The molecule has 0 aromatic carbocycles. The lowest BCUT2D eigenvalue weighted by molar-refractivity contribution is 0.0687. The fourth-order valence-electron chi connectivity index (χ4n) is 2.70. The number of hydrogen-bond donors (Lipinski definition) is 1. The van der Waals surface area contributed by atoms with E-state index in [-0.39, 0.29) is 23.7 Å². The molecule has 0 saturated heterocycles. The monoisotopic (exact) mass is 310 g/mol. The SMILES string of the molecule is C[C@H](CS(C)(=O)=O)N(C(=O)c1cc2occc2[nH]1)C1CC1. The van der Waals surface area contributed by atoms with Crippen LogP contribution >= 0.6 is 0 Å². The van der Waals surface area contributed by atoms with Crippen molar-refractivity contribution in [2.24, 2.45) is 0 Å². The van der Waals surface area contributed by atoms with Gasteiger partial charge in [0.15, 0.2) is 5.58 Å². The number of sulfone groups is 1. The number of aromatic amines is 1. The van der Waals surface area contributed by atoms with Crippen molar-refractivity contribution in [3.8, 4) is 0 Å². The number of aromatic nitrogens is 1. The van der Waals surface area contributed by atoms with Crippen molar-refractivity contribution in [1.82, 2.24) is 9.88 Å². The van der Waals surface area contributed by atoms with Crippen LogP contribution in [0.15, 0.2) is 22.8 Å². The second-order valence-corrected chi connectivity index (χ2v) is 7.95. The second-order valence-electron chi connectivity index (χ2n) is 5.77. The Morgan fingerprint density at radius 3 is 2.81 bits per heavy atom. The van der Waals surface area contributed by atoms with Gasteiger partial charge in [0.2, 0.25) is 0 Å². The molecule has 1 atom stereocenters. The van der Waals surface area contributed by atoms with Gasteiger partial charge < -0.3 is 14.3 Å². The molecular weight excluding hydrogens is 292 g/mol. The van der Waals surface area contributed by atoms with Crippen molar-refractivity contribution >= 4 is 26.8 Å². The van der Waals surface area contributed by atoms with Crippen molar-refractivity contribution < 1.29 is 17.6 Å². The molecule has 2 heterocycles. The smallest absolute Gasteiger partial charge is 0.270 e. The largest absolute Gasteiger partial charge is 0.463 e. The summed E-state index contributed by atoms with van der Waals surface area (Å²) in [6, 6.07) is 3.23. The highest BCUT2D eigenvalue weighted by molar-refractivity contribution is 7.90. The van der Waals surface area contributed by atoms with Gasteiger partial charge in [0.25, 0.3) is 5.91 Å². The van der Waals surface area contributed by atoms with Crippen LogP contribution in [0.3, 0.4) is 0 Å². The van der Waals surface area contributed by atoms with E-state index in [4.69, 9.17) is 4.42 Å². The first-order chi connectivity index (χ1) is 9.85. The Hall–Kier alpha value is -1.76. The van der Waals surface area contributed by atoms with Gasteiger partial charge in [0.1, 0.15) is 15.5 Å². The maximum atomic E-state index is 12.7. The first kappa shape index (κ1) is 14.2. The molecule has 21 heavy (non-hydrogen) atoms. The number of amides is 1. The van der Waals surface area contributed by atoms with Crippen LogP contribution in [-0.4, -0.2) is 48.3 Å². The minimum Gasteiger partial charge on any atom is -0.463 e. The van der Waals surface area contributed by atoms with Gasteiger partial charge in [-0.2, -0.15) is 0 Å². The van der Waals surface area contributed by atoms with E-state index >= 15 is 0 Å². The summed E-state index contributed by atoms with van der Waals surface area (Å²) in [6.45, 7) is 1.78. The van der Waals surface area contributed by atoms with Crippen molar-refractivity contribution in [1.29, 1.82) is 0 Å². The Kier molecular flexibility index (Phi) is 3.32. The molecule has 0 aliphatic heterocycles. The van der Waals surface area contributed by atoms with Crippen molar-refractivity contribution in [3.63, 3.8) is 0 Å². The van der Waals surface area contributed by atoms with Gasteiger partial charge in [-0.25, -0.2) is 8.42 Å². The summed E-state index contributed by atoms with van der Waals surface area (Å²) in [4.78, 5) is 17.4. The summed E-state index contributed by atoms with van der Waals surface area (Å²) in [5.41, 5.74) is 1.84. The average Bonchev–Trinajstić information content (AvgIpc) is 2.94. The van der Waals surface area contributed by atoms with Crippen molar-refractivity contribution in [3.05, 3.63) is 24.1 Å². The molecule has 0 bridgehead atoms. The zero-order valence-electron chi connectivity index (χ0n) is 12.0. The predicted molar refractivity (Wildman–Crippen MR) is 78.9 cm³/mol. The van der Waals surface area contributed by atoms with Gasteiger partial charge >= 0.3 is 0 Å². The summed E-state index contributed by atoms with van der Waals surface area (Å²) in [7, 11) is -3.13. The van der Waals surface area contributed by atoms with E-state index in [9.17, 15) is 13.2 Å². The molecule has 0 radical (unpaired) electrons. The zero-order chi connectivity index (χ0) is 15.2. The van der Waals surface area contributed by atoms with E-state index in [0.717, 1.165) is 18.4 Å². The molecule has 1 aliphatic carbocycles. The number of nitrogens with one attached hydrogen (secondary N) is 1. The predicted octanol–water partition coefficient (Wildman–Crippen LogP) is 1.80. The van der Waals surface area contributed by atoms with Gasteiger partial charge in [-0.05, 0) is 19.8 Å². The summed E-state index contributed by atoms with van der Waals surface area (Å²) >= 11 is 0. The highest BCUT2D eigenvalue weighted by atomic mass is 32.2. The summed E-state index contributed by atoms with van der Waals surface area (Å²) < 4.78 is 28.2. The molecule has 1 saturated carbocycles. The normalized spacial score (nSPS) is 17.0. The maximum Gasteiger partial charge on any atom is 0.270 e. The Morgan fingerprint density at radius 1 is 1.52 bits per heavy atom. The highest BCUT2D eigenvalue weighted by Crippen LogP contribution is 2.31. The van der Waals surface area contributed by atoms with Crippen LogP contribution in [0, 0.1) is 0 Å². The van der Waals surface area contributed by atoms with Gasteiger partial charge in [0.05, 0.1) is 17.5 Å². The number of fused-ring (bicyclic) bond motifs is 1. The average molecular weight is 310 g/mol. The Morgan fingerprint density at radius 2 is 2.24 bits per heavy atom. The maximum absolute atomic E-state index is 12.7. The summed E-state index contributed by atoms with van der Waals surface area (Å²) in [5.74, 6) is -0.188. The Balaban J connectivity index is 1.86. The van der Waals surface area contributed by atoms with Gasteiger partial charge in [-0.15, -0.1) is 0 Å². The van der Waals surface area contributed by atoms with Crippen LogP contribution in [0.1, 0.15) is 30.3 Å². The molecule has 1 aliphatic rings. The van der Waals surface area contributed by atoms with Crippen LogP contribution < -0.4 is 0 Å². The molecule has 1 N–H and O–H groups in total. The van der Waals surface area contributed by atoms with E-state index in [1.807, 2.05) is 0 Å². The molecule has 7 heteroatoms. The number of furan rings is 1. The molecular formula is C14H18N2O4S. The van der Waals surface area contributed by atoms with Crippen LogP contribution in [0.5, 0.6) is 0 Å². The molecule has 0 spiro atoms. The minimum absolute atomic E-state index is 0.0218. The first-order valence-electron chi connectivity index (χ1n) is 6.92. The molecule has 2 aromatic rings. The van der Waals surface area contributed by atoms with E-state index in [1.54, 1.807) is 30.2 Å². The van der Waals surface area contributed by atoms with E-state index in [0.29, 0.717) is 11.3 Å². The van der Waals surface area contributed by atoms with Gasteiger partial charge in [-0.3, -0.25) is 4.79 Å². The number of carbonyl (C=O) groups excluding carboxylic acids is 1. The minimum atomic E-state index is -3.13. The van der Waals surface area contributed by atoms with E-state index in [2.05, 4.69) is 4.98 Å². The van der Waals surface area contributed by atoms with Crippen LogP contribution in [0.4, 0.5) is 0 Å². The van der Waals surface area contributed by atoms with Gasteiger partial charge in [0, 0.05) is 30.5 Å². The van der Waals surface area contributed by atoms with E-state index < -0.39 is 9.84 Å². The number of rotatable bonds is 5. The fraction of sp³-hybridized carbons (Fsp3) is 0.500. The number of carbonyl (C=O) groups is 1. The number of H-pyrrole nitrogens is 1. The topological polar surface area (TPSA) is 83.4 Å². The lowest BCUT2D eigenvalue weighted by Crippen LogP contribution is -2.43. The molecule has 2 aromatic heterocycles. The molecule has 1 amide bonds. The molecule has 0 unspecified atom stereocenters. The molecule has 114 valence electrons. The third-order valence-corrected chi connectivity index (χ3v) is 4.75. The second kappa shape index (κ2) is 4.91. The van der Waals surface area contributed by atoms with Crippen molar-refractivity contribution in [2.45, 2.75) is 31.8 Å². The number of nitrogens with zero attached hydrogens (tertiary/aromatic N) is 1. The van der Waals surface area contributed by atoms with Crippen LogP contribution in [0.25, 0.3) is 11.1 Å². The lowest BCUT2D eigenvalue weighted by Gasteiger charge is -2.28. The van der Waals surface area contributed by atoms with Gasteiger partial charge in [-0.1, -0.05) is 0 Å². The zero-order valence-corrected chi connectivity index (χ0v) is 12.8. The third-order valence-electron chi connectivity index (χ3n) is 3.66. The Bertz CT molecular complexity index is 741. The lowest BCUT2D eigenvalue weighted by atomic mass is 10.2. The quantitative estimate of drug-likeness (QED) is 0.912. The standard InChI is InChI=1S/C14H18N2O4S/c1-9(8-21(2,18)19)16(10-3-4-10)14(17)12-7-13-11(15-12)5-6-20-13/h5-7,9-10,15H,3-4,8H2,1-2H3/t9-/m1/s1. The molecule has 1 fully saturated rings. The molecule has 3 rings (SSSR count).